The number of hydrogen-bond acceptors (Lipinski definition) is 3. The lowest BCUT2D eigenvalue weighted by molar-refractivity contribution is -0.479. The fraction of sp³-hybridized carbons (Fsp3) is 1.00. The van der Waals surface area contributed by atoms with Crippen LogP contribution in [0.2, 0.25) is 0 Å². The Labute approximate surface area is 47.2 Å². The van der Waals surface area contributed by atoms with E-state index in [1.165, 1.54) is 0 Å². The minimum Gasteiger partial charge on any atom is -0.294 e. The molecule has 1 aliphatic rings. The fourth-order valence-electron chi connectivity index (χ4n) is 0.517. The maximum Gasteiger partial charge on any atom is 0.216 e. The van der Waals surface area contributed by atoms with Gasteiger partial charge in [0.1, 0.15) is 0 Å². The molecule has 1 aliphatic heterocycles. The van der Waals surface area contributed by atoms with Crippen molar-refractivity contribution >= 4 is 0 Å². The molecule has 4 nitrogen and oxygen atoms in total. The van der Waals surface area contributed by atoms with Gasteiger partial charge in [-0.15, -0.1) is 0 Å². The van der Waals surface area contributed by atoms with Crippen LogP contribution in [0.25, 0.3) is 0 Å². The van der Waals surface area contributed by atoms with E-state index in [4.69, 9.17) is 0 Å². The van der Waals surface area contributed by atoms with Crippen molar-refractivity contribution in [2.24, 2.45) is 0 Å². The zero-order chi connectivity index (χ0) is 5.98. The van der Waals surface area contributed by atoms with Crippen molar-refractivity contribution in [3.63, 3.8) is 0 Å². The number of hydrogen-bond donors (Lipinski definition) is 0. The first kappa shape index (κ1) is 5.50. The molecule has 0 aliphatic carbocycles. The molecule has 1 fully saturated rings. The van der Waals surface area contributed by atoms with Crippen molar-refractivity contribution < 1.29 is 4.92 Å². The average molecular weight is 116 g/mol. The molecule has 0 atom stereocenters. The molecule has 46 valence electrons. The highest BCUT2D eigenvalue weighted by atomic mass is 16.6. The summed E-state index contributed by atoms with van der Waals surface area (Å²) in [6.45, 7) is 2.83. The number of nitro groups is 1. The van der Waals surface area contributed by atoms with Crippen molar-refractivity contribution in [3.8, 4) is 0 Å². The van der Waals surface area contributed by atoms with Gasteiger partial charge in [0, 0.05) is 18.0 Å². The molecule has 0 amide bonds. The molecule has 1 heterocycles. The molecule has 1 saturated heterocycles. The maximum absolute atomic E-state index is 9.71. The molecule has 0 saturated carbocycles. The van der Waals surface area contributed by atoms with Gasteiger partial charge < -0.3 is 0 Å². The van der Waals surface area contributed by atoms with E-state index in [0.29, 0.717) is 6.54 Å². The van der Waals surface area contributed by atoms with Crippen molar-refractivity contribution in [3.05, 3.63) is 10.1 Å². The molecular weight excluding hydrogens is 108 g/mol. The van der Waals surface area contributed by atoms with Crippen LogP contribution >= 0.6 is 0 Å². The molecule has 0 aromatic heterocycles. The Morgan fingerprint density at radius 3 is 2.62 bits per heavy atom. The van der Waals surface area contributed by atoms with Gasteiger partial charge in [-0.05, 0) is 0 Å². The Bertz CT molecular complexity index is 100. The molecule has 0 N–H and O–H groups in total. The van der Waals surface area contributed by atoms with Crippen molar-refractivity contribution in [1.29, 1.82) is 0 Å². The molecule has 0 radical (unpaired) electrons. The largest absolute Gasteiger partial charge is 0.294 e. The summed E-state index contributed by atoms with van der Waals surface area (Å²) in [6, 6.07) is 0. The summed E-state index contributed by atoms with van der Waals surface area (Å²) in [6.07, 6.45) is 0. The van der Waals surface area contributed by atoms with Crippen LogP contribution < -0.4 is 0 Å². The summed E-state index contributed by atoms with van der Waals surface area (Å²) in [5, 5.41) is 9.71. The van der Waals surface area contributed by atoms with Crippen LogP contribution in [-0.2, 0) is 0 Å². The van der Waals surface area contributed by atoms with Crippen molar-refractivity contribution in [1.82, 2.24) is 4.90 Å². The summed E-state index contributed by atoms with van der Waals surface area (Å²) in [4.78, 5) is 11.5. The van der Waals surface area contributed by atoms with Gasteiger partial charge in [-0.3, -0.25) is 15.0 Å². The van der Waals surface area contributed by atoms with Gasteiger partial charge in [0.05, 0.1) is 6.54 Å². The van der Waals surface area contributed by atoms with Crippen molar-refractivity contribution in [2.75, 3.05) is 26.2 Å². The van der Waals surface area contributed by atoms with Gasteiger partial charge in [0.15, 0.2) is 0 Å². The highest BCUT2D eigenvalue weighted by Gasteiger charge is 2.18. The Morgan fingerprint density at radius 1 is 1.62 bits per heavy atom. The van der Waals surface area contributed by atoms with Gasteiger partial charge in [-0.25, -0.2) is 0 Å². The fourth-order valence-corrected chi connectivity index (χ4v) is 0.517. The van der Waals surface area contributed by atoms with Gasteiger partial charge in [-0.1, -0.05) is 0 Å². The molecule has 0 bridgehead atoms. The van der Waals surface area contributed by atoms with Crippen molar-refractivity contribution in [2.45, 2.75) is 0 Å². The maximum atomic E-state index is 9.71. The van der Waals surface area contributed by atoms with Crippen LogP contribution in [-0.4, -0.2) is 36.0 Å². The topological polar surface area (TPSA) is 46.1 Å². The summed E-state index contributed by atoms with van der Waals surface area (Å²) < 4.78 is 0. The van der Waals surface area contributed by atoms with E-state index in [0.717, 1.165) is 13.1 Å². The van der Waals surface area contributed by atoms with Crippen LogP contribution in [0.5, 0.6) is 0 Å². The lowest BCUT2D eigenvalue weighted by atomic mass is 10.6. The zero-order valence-corrected chi connectivity index (χ0v) is 4.54. The molecule has 0 aromatic rings. The second-order valence-corrected chi connectivity index (χ2v) is 1.90. The van der Waals surface area contributed by atoms with Crippen LogP contribution in [0, 0.1) is 10.1 Å². The summed E-state index contributed by atoms with van der Waals surface area (Å²) in [5.41, 5.74) is 0. The average Bonchev–Trinajstić information content (AvgIpc) is 2.41. The van der Waals surface area contributed by atoms with E-state index in [9.17, 15) is 10.1 Å². The van der Waals surface area contributed by atoms with Gasteiger partial charge in [-0.2, -0.15) is 0 Å². The smallest absolute Gasteiger partial charge is 0.216 e. The lowest BCUT2D eigenvalue weighted by Crippen LogP contribution is -2.12. The summed E-state index contributed by atoms with van der Waals surface area (Å²) in [7, 11) is 0. The van der Waals surface area contributed by atoms with E-state index < -0.39 is 0 Å². The monoisotopic (exact) mass is 116 g/mol. The van der Waals surface area contributed by atoms with Crippen LogP contribution in [0.4, 0.5) is 0 Å². The first-order valence-electron chi connectivity index (χ1n) is 2.63. The standard InChI is InChI=1S/C4H8N2O2/c7-6(8)4-3-5-1-2-5/h1-4H2. The van der Waals surface area contributed by atoms with Crippen LogP contribution in [0.3, 0.4) is 0 Å². The number of nitrogens with zero attached hydrogens (tertiary/aromatic N) is 2. The van der Waals surface area contributed by atoms with E-state index in [1.54, 1.807) is 0 Å². The highest BCUT2D eigenvalue weighted by molar-refractivity contribution is 4.70. The SMILES string of the molecule is O=[N+]([O-])CCN1CC1. The van der Waals surface area contributed by atoms with E-state index >= 15 is 0 Å². The van der Waals surface area contributed by atoms with E-state index in [-0.39, 0.29) is 11.5 Å². The molecule has 0 unspecified atom stereocenters. The van der Waals surface area contributed by atoms with E-state index in [2.05, 4.69) is 0 Å². The normalized spacial score (nSPS) is 18.5. The second kappa shape index (κ2) is 2.09. The van der Waals surface area contributed by atoms with Crippen LogP contribution in [0.1, 0.15) is 0 Å². The first-order valence-corrected chi connectivity index (χ1v) is 2.63. The van der Waals surface area contributed by atoms with Gasteiger partial charge >= 0.3 is 0 Å². The molecule has 8 heavy (non-hydrogen) atoms. The highest BCUT2D eigenvalue weighted by Crippen LogP contribution is 2.00. The molecule has 1 rings (SSSR count). The molecular formula is C4H8N2O2. The lowest BCUT2D eigenvalue weighted by Gasteiger charge is -1.90. The zero-order valence-electron chi connectivity index (χ0n) is 4.54. The summed E-state index contributed by atoms with van der Waals surface area (Å²) >= 11 is 0. The second-order valence-electron chi connectivity index (χ2n) is 1.90. The predicted octanol–water partition coefficient (Wildman–Crippen LogP) is -0.421. The molecule has 0 aromatic carbocycles. The Morgan fingerprint density at radius 2 is 2.25 bits per heavy atom. The quantitative estimate of drug-likeness (QED) is 0.286. The minimum absolute atomic E-state index is 0.0972. The summed E-state index contributed by atoms with van der Waals surface area (Å²) in [5.74, 6) is 0. The van der Waals surface area contributed by atoms with Gasteiger partial charge in [0.2, 0.25) is 6.54 Å². The third kappa shape index (κ3) is 1.88. The molecule has 4 heteroatoms. The van der Waals surface area contributed by atoms with Gasteiger partial charge in [0.25, 0.3) is 0 Å². The Hall–Kier alpha value is -0.640. The Balaban J connectivity index is 1.95. The third-order valence-electron chi connectivity index (χ3n) is 1.14. The molecule has 0 spiro atoms. The van der Waals surface area contributed by atoms with Crippen LogP contribution in [0.15, 0.2) is 0 Å². The number of rotatable bonds is 3. The third-order valence-corrected chi connectivity index (χ3v) is 1.14. The Kier molecular flexibility index (Phi) is 1.43. The van der Waals surface area contributed by atoms with E-state index in [1.807, 2.05) is 4.90 Å². The minimum atomic E-state index is -0.279. The first-order chi connectivity index (χ1) is 3.79. The predicted molar refractivity (Wildman–Crippen MR) is 28.3 cm³/mol.